The lowest BCUT2D eigenvalue weighted by molar-refractivity contribution is 0.270. The normalized spacial score (nSPS) is 16.8. The zero-order chi connectivity index (χ0) is 13.7. The lowest BCUT2D eigenvalue weighted by atomic mass is 10.0. The first-order valence-electron chi connectivity index (χ1n) is 7.78. The zero-order valence-corrected chi connectivity index (χ0v) is 12.7. The molecule has 1 unspecified atom stereocenters. The van der Waals surface area contributed by atoms with Crippen LogP contribution in [0.4, 0.5) is 0 Å². The predicted octanol–water partition coefficient (Wildman–Crippen LogP) is 3.38. The van der Waals surface area contributed by atoms with Gasteiger partial charge in [-0.05, 0) is 49.9 Å². The average Bonchev–Trinajstić information content (AvgIpc) is 3.27. The van der Waals surface area contributed by atoms with E-state index in [-0.39, 0.29) is 0 Å². The van der Waals surface area contributed by atoms with E-state index < -0.39 is 0 Å². The Morgan fingerprint density at radius 1 is 1.21 bits per heavy atom. The molecule has 0 aromatic heterocycles. The number of rotatable bonds is 8. The van der Waals surface area contributed by atoms with Crippen molar-refractivity contribution in [2.24, 2.45) is 0 Å². The van der Waals surface area contributed by atoms with Crippen LogP contribution in [0.5, 0.6) is 0 Å². The SMILES string of the molecule is CCN(CC)CC(C)NCc1ccccc1C1CC1. The second-order valence-electron chi connectivity index (χ2n) is 5.74. The Hall–Kier alpha value is -0.860. The fourth-order valence-corrected chi connectivity index (χ4v) is 2.71. The van der Waals surface area contributed by atoms with E-state index in [4.69, 9.17) is 0 Å². The predicted molar refractivity (Wildman–Crippen MR) is 82.5 cm³/mol. The van der Waals surface area contributed by atoms with Gasteiger partial charge in [0.25, 0.3) is 0 Å². The molecule has 0 radical (unpaired) electrons. The van der Waals surface area contributed by atoms with E-state index >= 15 is 0 Å². The van der Waals surface area contributed by atoms with Crippen molar-refractivity contribution in [1.82, 2.24) is 10.2 Å². The van der Waals surface area contributed by atoms with Gasteiger partial charge in [-0.2, -0.15) is 0 Å². The molecule has 1 aromatic carbocycles. The highest BCUT2D eigenvalue weighted by Gasteiger charge is 2.25. The minimum absolute atomic E-state index is 0.548. The summed E-state index contributed by atoms with van der Waals surface area (Å²) in [7, 11) is 0. The molecule has 1 aliphatic carbocycles. The van der Waals surface area contributed by atoms with Crippen molar-refractivity contribution >= 4 is 0 Å². The third-order valence-electron chi connectivity index (χ3n) is 4.14. The Labute approximate surface area is 118 Å². The summed E-state index contributed by atoms with van der Waals surface area (Å²) in [4.78, 5) is 2.48. The van der Waals surface area contributed by atoms with Gasteiger partial charge in [-0.1, -0.05) is 38.1 Å². The molecule has 0 spiro atoms. The summed E-state index contributed by atoms with van der Waals surface area (Å²) in [6, 6.07) is 9.48. The highest BCUT2D eigenvalue weighted by molar-refractivity contribution is 5.33. The summed E-state index contributed by atoms with van der Waals surface area (Å²) >= 11 is 0. The number of hydrogen-bond acceptors (Lipinski definition) is 2. The molecule has 19 heavy (non-hydrogen) atoms. The van der Waals surface area contributed by atoms with E-state index in [0.29, 0.717) is 6.04 Å². The maximum absolute atomic E-state index is 3.68. The molecule has 1 fully saturated rings. The van der Waals surface area contributed by atoms with Gasteiger partial charge in [-0.25, -0.2) is 0 Å². The number of benzene rings is 1. The van der Waals surface area contributed by atoms with Crippen LogP contribution in [0.2, 0.25) is 0 Å². The summed E-state index contributed by atoms with van der Waals surface area (Å²) in [5.74, 6) is 0.844. The van der Waals surface area contributed by atoms with Crippen molar-refractivity contribution in [3.63, 3.8) is 0 Å². The molecule has 0 heterocycles. The number of hydrogen-bond donors (Lipinski definition) is 1. The van der Waals surface area contributed by atoms with Gasteiger partial charge >= 0.3 is 0 Å². The Morgan fingerprint density at radius 2 is 1.89 bits per heavy atom. The summed E-state index contributed by atoms with van der Waals surface area (Å²) in [5, 5.41) is 3.68. The molecule has 106 valence electrons. The molecular formula is C17H28N2. The van der Waals surface area contributed by atoms with Crippen molar-refractivity contribution in [3.8, 4) is 0 Å². The van der Waals surface area contributed by atoms with E-state index in [1.165, 1.54) is 18.4 Å². The molecule has 2 heteroatoms. The fourth-order valence-electron chi connectivity index (χ4n) is 2.71. The largest absolute Gasteiger partial charge is 0.309 e. The molecular weight excluding hydrogens is 232 g/mol. The third-order valence-corrected chi connectivity index (χ3v) is 4.14. The van der Waals surface area contributed by atoms with Crippen LogP contribution in [0.15, 0.2) is 24.3 Å². The first-order valence-corrected chi connectivity index (χ1v) is 7.78. The van der Waals surface area contributed by atoms with Crippen LogP contribution in [0.25, 0.3) is 0 Å². The molecule has 1 saturated carbocycles. The summed E-state index contributed by atoms with van der Waals surface area (Å²) < 4.78 is 0. The lowest BCUT2D eigenvalue weighted by Crippen LogP contribution is -2.38. The maximum Gasteiger partial charge on any atom is 0.0211 e. The van der Waals surface area contributed by atoms with Gasteiger partial charge in [0.2, 0.25) is 0 Å². The standard InChI is InChI=1S/C17H28N2/c1-4-19(5-2)13-14(3)18-12-16-8-6-7-9-17(16)15-10-11-15/h6-9,14-15,18H,4-5,10-13H2,1-3H3. The Morgan fingerprint density at radius 3 is 2.53 bits per heavy atom. The van der Waals surface area contributed by atoms with Gasteiger partial charge in [-0.15, -0.1) is 0 Å². The molecule has 1 aliphatic rings. The van der Waals surface area contributed by atoms with Gasteiger partial charge in [0.05, 0.1) is 0 Å². The first-order chi connectivity index (χ1) is 9.24. The fraction of sp³-hybridized carbons (Fsp3) is 0.647. The molecule has 1 N–H and O–H groups in total. The van der Waals surface area contributed by atoms with Gasteiger partial charge in [0.15, 0.2) is 0 Å². The van der Waals surface area contributed by atoms with Crippen molar-refractivity contribution in [3.05, 3.63) is 35.4 Å². The second kappa shape index (κ2) is 7.06. The number of likely N-dealkylation sites (N-methyl/N-ethyl adjacent to an activating group) is 1. The average molecular weight is 260 g/mol. The number of nitrogens with zero attached hydrogens (tertiary/aromatic N) is 1. The minimum Gasteiger partial charge on any atom is -0.309 e. The van der Waals surface area contributed by atoms with Crippen LogP contribution in [-0.4, -0.2) is 30.6 Å². The highest BCUT2D eigenvalue weighted by atomic mass is 15.1. The molecule has 2 rings (SSSR count). The Balaban J connectivity index is 1.84. The topological polar surface area (TPSA) is 15.3 Å². The summed E-state index contributed by atoms with van der Waals surface area (Å²) in [5.41, 5.74) is 3.07. The Bertz CT molecular complexity index is 381. The molecule has 1 aromatic rings. The van der Waals surface area contributed by atoms with Crippen LogP contribution in [0.1, 0.15) is 50.7 Å². The molecule has 2 nitrogen and oxygen atoms in total. The van der Waals surface area contributed by atoms with Crippen LogP contribution in [-0.2, 0) is 6.54 Å². The Kier molecular flexibility index (Phi) is 5.41. The van der Waals surface area contributed by atoms with Crippen molar-refractivity contribution < 1.29 is 0 Å². The van der Waals surface area contributed by atoms with Gasteiger partial charge in [0, 0.05) is 19.1 Å². The van der Waals surface area contributed by atoms with Crippen molar-refractivity contribution in [2.45, 2.75) is 52.1 Å². The quantitative estimate of drug-likeness (QED) is 0.771. The molecule has 0 bridgehead atoms. The zero-order valence-electron chi connectivity index (χ0n) is 12.7. The van der Waals surface area contributed by atoms with Crippen LogP contribution >= 0.6 is 0 Å². The van der Waals surface area contributed by atoms with Crippen LogP contribution < -0.4 is 5.32 Å². The van der Waals surface area contributed by atoms with Gasteiger partial charge < -0.3 is 10.2 Å². The van der Waals surface area contributed by atoms with Crippen LogP contribution in [0.3, 0.4) is 0 Å². The van der Waals surface area contributed by atoms with Crippen molar-refractivity contribution in [1.29, 1.82) is 0 Å². The first kappa shape index (κ1) is 14.5. The molecule has 0 amide bonds. The van der Waals surface area contributed by atoms with E-state index in [9.17, 15) is 0 Å². The maximum atomic E-state index is 3.68. The van der Waals surface area contributed by atoms with E-state index in [2.05, 4.69) is 55.3 Å². The molecule has 0 saturated heterocycles. The summed E-state index contributed by atoms with van der Waals surface area (Å²) in [6.07, 6.45) is 2.76. The molecule has 0 aliphatic heterocycles. The van der Waals surface area contributed by atoms with Gasteiger partial charge in [0.1, 0.15) is 0 Å². The van der Waals surface area contributed by atoms with E-state index in [1.54, 1.807) is 5.56 Å². The van der Waals surface area contributed by atoms with E-state index in [0.717, 1.165) is 32.1 Å². The van der Waals surface area contributed by atoms with Gasteiger partial charge in [-0.3, -0.25) is 0 Å². The lowest BCUT2D eigenvalue weighted by Gasteiger charge is -2.24. The summed E-state index contributed by atoms with van der Waals surface area (Å²) in [6.45, 7) is 11.2. The smallest absolute Gasteiger partial charge is 0.0211 e. The monoisotopic (exact) mass is 260 g/mol. The minimum atomic E-state index is 0.548. The van der Waals surface area contributed by atoms with E-state index in [1.807, 2.05) is 0 Å². The van der Waals surface area contributed by atoms with Crippen molar-refractivity contribution in [2.75, 3.05) is 19.6 Å². The second-order valence-corrected chi connectivity index (χ2v) is 5.74. The number of nitrogens with one attached hydrogen (secondary N) is 1. The third kappa shape index (κ3) is 4.32. The highest BCUT2D eigenvalue weighted by Crippen LogP contribution is 2.41. The van der Waals surface area contributed by atoms with Crippen LogP contribution in [0, 0.1) is 0 Å². The molecule has 1 atom stereocenters.